The number of aromatic nitrogens is 2. The first-order valence-corrected chi connectivity index (χ1v) is 7.37. The zero-order valence-corrected chi connectivity index (χ0v) is 13.6. The molecule has 5 nitrogen and oxygen atoms in total. The van der Waals surface area contributed by atoms with E-state index in [9.17, 15) is 4.79 Å². The Hall–Kier alpha value is -1.98. The Bertz CT molecular complexity index is 711. The minimum Gasteiger partial charge on any atom is -0.463 e. The summed E-state index contributed by atoms with van der Waals surface area (Å²) in [6.07, 6.45) is 2.99. The van der Waals surface area contributed by atoms with E-state index in [0.717, 1.165) is 5.56 Å². The standard InChI is InChI=1S/C15H15Cl2N3O2/c1-3-22-14(21)6-9(2)19-13-8-18-20-15(13)11-5-4-10(16)7-12(11)17/h4-8,19H,3H2,1-2H3,(H,18,20)/b9-6+. The van der Waals surface area contributed by atoms with Crippen LogP contribution < -0.4 is 5.32 Å². The number of allylic oxidation sites excluding steroid dienone is 1. The molecule has 1 heterocycles. The van der Waals surface area contributed by atoms with Crippen molar-refractivity contribution in [3.8, 4) is 11.3 Å². The monoisotopic (exact) mass is 339 g/mol. The average Bonchev–Trinajstić information content (AvgIpc) is 2.86. The lowest BCUT2D eigenvalue weighted by Gasteiger charge is -2.09. The predicted octanol–water partition coefficient (Wildman–Crippen LogP) is 4.26. The van der Waals surface area contributed by atoms with Crippen molar-refractivity contribution in [3.05, 3.63) is 46.2 Å². The smallest absolute Gasteiger partial charge is 0.332 e. The molecule has 2 rings (SSSR count). The molecular formula is C15H15Cl2N3O2. The number of carbonyl (C=O) groups excluding carboxylic acids is 1. The molecule has 1 aromatic heterocycles. The largest absolute Gasteiger partial charge is 0.463 e. The van der Waals surface area contributed by atoms with Crippen molar-refractivity contribution in [2.75, 3.05) is 11.9 Å². The summed E-state index contributed by atoms with van der Waals surface area (Å²) in [5, 5.41) is 11.0. The minimum absolute atomic E-state index is 0.333. The lowest BCUT2D eigenvalue weighted by atomic mass is 10.1. The summed E-state index contributed by atoms with van der Waals surface area (Å²) in [6.45, 7) is 3.85. The van der Waals surface area contributed by atoms with Crippen LogP contribution in [0.2, 0.25) is 10.0 Å². The summed E-state index contributed by atoms with van der Waals surface area (Å²) >= 11 is 12.1. The van der Waals surface area contributed by atoms with Crippen LogP contribution >= 0.6 is 23.2 Å². The normalized spacial score (nSPS) is 11.4. The van der Waals surface area contributed by atoms with Crippen LogP contribution in [-0.4, -0.2) is 22.8 Å². The molecule has 0 radical (unpaired) electrons. The first kappa shape index (κ1) is 16.4. The fourth-order valence-electron chi connectivity index (χ4n) is 1.89. The molecule has 0 saturated carbocycles. The van der Waals surface area contributed by atoms with Gasteiger partial charge in [0.2, 0.25) is 0 Å². The van der Waals surface area contributed by atoms with Crippen molar-refractivity contribution in [1.29, 1.82) is 0 Å². The Labute approximate surface area is 138 Å². The van der Waals surface area contributed by atoms with Crippen LogP contribution in [0.1, 0.15) is 13.8 Å². The second kappa shape index (κ2) is 7.33. The number of H-pyrrole nitrogens is 1. The van der Waals surface area contributed by atoms with Gasteiger partial charge in [0.15, 0.2) is 0 Å². The lowest BCUT2D eigenvalue weighted by molar-refractivity contribution is -0.137. The van der Waals surface area contributed by atoms with E-state index < -0.39 is 5.97 Å². The molecule has 0 unspecified atom stereocenters. The van der Waals surface area contributed by atoms with E-state index in [1.54, 1.807) is 38.2 Å². The molecule has 2 aromatic rings. The van der Waals surface area contributed by atoms with Gasteiger partial charge in [0.05, 0.1) is 29.2 Å². The van der Waals surface area contributed by atoms with Crippen LogP contribution in [0.5, 0.6) is 0 Å². The highest BCUT2D eigenvalue weighted by Crippen LogP contribution is 2.33. The SMILES string of the molecule is CCOC(=O)/C=C(\C)Nc1cn[nH]c1-c1ccc(Cl)cc1Cl. The number of ether oxygens (including phenoxy) is 1. The molecule has 0 fully saturated rings. The Kier molecular flexibility index (Phi) is 5.46. The van der Waals surface area contributed by atoms with E-state index in [4.69, 9.17) is 27.9 Å². The van der Waals surface area contributed by atoms with E-state index in [-0.39, 0.29) is 0 Å². The van der Waals surface area contributed by atoms with Gasteiger partial charge in [-0.1, -0.05) is 23.2 Å². The summed E-state index contributed by atoms with van der Waals surface area (Å²) in [5.41, 5.74) is 2.79. The molecule has 0 aliphatic rings. The topological polar surface area (TPSA) is 67.0 Å². The van der Waals surface area contributed by atoms with Gasteiger partial charge in [-0.3, -0.25) is 5.10 Å². The van der Waals surface area contributed by atoms with Gasteiger partial charge in [0.25, 0.3) is 0 Å². The second-order valence-electron chi connectivity index (χ2n) is 4.49. The average molecular weight is 340 g/mol. The number of anilines is 1. The van der Waals surface area contributed by atoms with Gasteiger partial charge in [-0.25, -0.2) is 4.79 Å². The zero-order valence-electron chi connectivity index (χ0n) is 12.1. The highest BCUT2D eigenvalue weighted by molar-refractivity contribution is 6.36. The molecule has 0 saturated heterocycles. The highest BCUT2D eigenvalue weighted by Gasteiger charge is 2.12. The van der Waals surface area contributed by atoms with E-state index in [1.807, 2.05) is 0 Å². The molecule has 0 bridgehead atoms. The molecule has 22 heavy (non-hydrogen) atoms. The number of aromatic amines is 1. The molecule has 7 heteroatoms. The summed E-state index contributed by atoms with van der Waals surface area (Å²) in [6, 6.07) is 5.20. The Balaban J connectivity index is 2.25. The lowest BCUT2D eigenvalue weighted by Crippen LogP contribution is -2.04. The fourth-order valence-corrected chi connectivity index (χ4v) is 2.39. The van der Waals surface area contributed by atoms with E-state index in [0.29, 0.717) is 33.7 Å². The molecule has 0 aliphatic carbocycles. The zero-order chi connectivity index (χ0) is 16.1. The van der Waals surface area contributed by atoms with Crippen molar-refractivity contribution in [2.24, 2.45) is 0 Å². The van der Waals surface area contributed by atoms with Crippen molar-refractivity contribution < 1.29 is 9.53 Å². The van der Waals surface area contributed by atoms with E-state index >= 15 is 0 Å². The number of halogens is 2. The third-order valence-electron chi connectivity index (χ3n) is 2.79. The van der Waals surface area contributed by atoms with Crippen LogP contribution in [0.4, 0.5) is 5.69 Å². The van der Waals surface area contributed by atoms with E-state index in [1.165, 1.54) is 6.08 Å². The predicted molar refractivity (Wildman–Crippen MR) is 88.1 cm³/mol. The summed E-state index contributed by atoms with van der Waals surface area (Å²) in [5.74, 6) is -0.401. The van der Waals surface area contributed by atoms with Crippen LogP contribution in [0.15, 0.2) is 36.2 Å². The number of esters is 1. The molecule has 0 spiro atoms. The second-order valence-corrected chi connectivity index (χ2v) is 5.33. The van der Waals surface area contributed by atoms with Gasteiger partial charge < -0.3 is 10.1 Å². The maximum atomic E-state index is 11.4. The molecule has 0 atom stereocenters. The van der Waals surface area contributed by atoms with Crippen molar-refractivity contribution in [1.82, 2.24) is 10.2 Å². The number of hydrogen-bond donors (Lipinski definition) is 2. The minimum atomic E-state index is -0.401. The number of carbonyl (C=O) groups is 1. The van der Waals surface area contributed by atoms with Crippen LogP contribution in [0.3, 0.4) is 0 Å². The van der Waals surface area contributed by atoms with E-state index in [2.05, 4.69) is 15.5 Å². The van der Waals surface area contributed by atoms with Crippen molar-refractivity contribution >= 4 is 34.9 Å². The number of nitrogens with one attached hydrogen (secondary N) is 2. The first-order valence-electron chi connectivity index (χ1n) is 6.62. The Morgan fingerprint density at radius 2 is 2.23 bits per heavy atom. The number of rotatable bonds is 5. The van der Waals surface area contributed by atoms with Gasteiger partial charge in [-0.05, 0) is 32.0 Å². The van der Waals surface area contributed by atoms with Gasteiger partial charge in [-0.15, -0.1) is 0 Å². The number of nitrogens with zero attached hydrogens (tertiary/aromatic N) is 1. The van der Waals surface area contributed by atoms with Gasteiger partial charge in [0.1, 0.15) is 0 Å². The van der Waals surface area contributed by atoms with Gasteiger partial charge in [-0.2, -0.15) is 5.10 Å². The van der Waals surface area contributed by atoms with Crippen LogP contribution in [0, 0.1) is 0 Å². The number of benzene rings is 1. The third-order valence-corrected chi connectivity index (χ3v) is 3.34. The maximum Gasteiger partial charge on any atom is 0.332 e. The van der Waals surface area contributed by atoms with Gasteiger partial charge in [0, 0.05) is 22.4 Å². The molecular weight excluding hydrogens is 325 g/mol. The van der Waals surface area contributed by atoms with Crippen LogP contribution in [-0.2, 0) is 9.53 Å². The number of hydrogen-bond acceptors (Lipinski definition) is 4. The summed E-state index contributed by atoms with van der Waals surface area (Å²) in [7, 11) is 0. The molecule has 116 valence electrons. The van der Waals surface area contributed by atoms with Crippen LogP contribution in [0.25, 0.3) is 11.3 Å². The molecule has 0 amide bonds. The summed E-state index contributed by atoms with van der Waals surface area (Å²) in [4.78, 5) is 11.4. The quantitative estimate of drug-likeness (QED) is 0.630. The highest BCUT2D eigenvalue weighted by atomic mass is 35.5. The Morgan fingerprint density at radius 1 is 1.45 bits per heavy atom. The molecule has 2 N–H and O–H groups in total. The Morgan fingerprint density at radius 3 is 2.91 bits per heavy atom. The molecule has 1 aromatic carbocycles. The third kappa shape index (κ3) is 4.02. The van der Waals surface area contributed by atoms with Crippen molar-refractivity contribution in [3.63, 3.8) is 0 Å². The summed E-state index contributed by atoms with van der Waals surface area (Å²) < 4.78 is 4.86. The van der Waals surface area contributed by atoms with Crippen molar-refractivity contribution in [2.45, 2.75) is 13.8 Å². The molecule has 0 aliphatic heterocycles. The maximum absolute atomic E-state index is 11.4. The fraction of sp³-hybridized carbons (Fsp3) is 0.200. The van der Waals surface area contributed by atoms with Gasteiger partial charge >= 0.3 is 5.97 Å². The first-order chi connectivity index (χ1) is 10.5.